The fourth-order valence-corrected chi connectivity index (χ4v) is 3.64. The lowest BCUT2D eigenvalue weighted by Crippen LogP contribution is -2.39. The predicted octanol–water partition coefficient (Wildman–Crippen LogP) is 4.39. The van der Waals surface area contributed by atoms with Gasteiger partial charge in [-0.05, 0) is 48.2 Å². The van der Waals surface area contributed by atoms with E-state index in [0.717, 1.165) is 6.07 Å². The van der Waals surface area contributed by atoms with Gasteiger partial charge in [-0.15, -0.1) is 0 Å². The third kappa shape index (κ3) is 3.68. The molecule has 0 spiro atoms. The van der Waals surface area contributed by atoms with Gasteiger partial charge in [0.2, 0.25) is 0 Å². The van der Waals surface area contributed by atoms with Gasteiger partial charge in [0.05, 0.1) is 16.6 Å². The maximum Gasteiger partial charge on any atom is 0.417 e. The number of hydrogen-bond acceptors (Lipinski definition) is 3. The molecule has 0 radical (unpaired) electrons. The van der Waals surface area contributed by atoms with Crippen molar-refractivity contribution < 1.29 is 23.1 Å². The Morgan fingerprint density at radius 1 is 1.23 bits per heavy atom. The minimum absolute atomic E-state index is 0.348. The quantitative estimate of drug-likeness (QED) is 0.849. The van der Waals surface area contributed by atoms with Gasteiger partial charge in [-0.25, -0.2) is 0 Å². The van der Waals surface area contributed by atoms with Crippen molar-refractivity contribution >= 4 is 17.6 Å². The molecule has 2 atom stereocenters. The van der Waals surface area contributed by atoms with Crippen molar-refractivity contribution in [1.82, 2.24) is 9.88 Å². The van der Waals surface area contributed by atoms with Gasteiger partial charge in [0.1, 0.15) is 6.04 Å². The molecule has 3 rings (SSSR count). The van der Waals surface area contributed by atoms with Gasteiger partial charge in [-0.3, -0.25) is 14.7 Å². The zero-order valence-electron chi connectivity index (χ0n) is 13.6. The van der Waals surface area contributed by atoms with E-state index in [2.05, 4.69) is 4.98 Å². The van der Waals surface area contributed by atoms with Crippen molar-refractivity contribution in [2.24, 2.45) is 0 Å². The molecule has 138 valence electrons. The van der Waals surface area contributed by atoms with E-state index in [-0.39, 0.29) is 5.02 Å². The molecule has 26 heavy (non-hydrogen) atoms. The zero-order valence-corrected chi connectivity index (χ0v) is 14.3. The number of pyridine rings is 1. The largest absolute Gasteiger partial charge is 0.480 e. The minimum Gasteiger partial charge on any atom is -0.480 e. The highest BCUT2D eigenvalue weighted by molar-refractivity contribution is 6.31. The summed E-state index contributed by atoms with van der Waals surface area (Å²) in [5, 5.41) is 9.12. The standard InChI is InChI=1S/C18H16ClF3N2O2/c19-14-4-3-12(10-13(14)18(20,21)22)16(11-5-7-23-8-6-11)24-9-1-2-15(24)17(25)26/h3-8,10,15-16H,1-2,9H2,(H,25,26). The highest BCUT2D eigenvalue weighted by Gasteiger charge is 2.39. The molecule has 1 aliphatic rings. The molecule has 1 aromatic carbocycles. The molecule has 1 aliphatic heterocycles. The van der Waals surface area contributed by atoms with E-state index < -0.39 is 29.8 Å². The molecule has 2 aromatic rings. The van der Waals surface area contributed by atoms with Gasteiger partial charge in [-0.1, -0.05) is 17.7 Å². The molecule has 0 amide bonds. The van der Waals surface area contributed by atoms with Crippen molar-refractivity contribution in [3.05, 3.63) is 64.4 Å². The number of halogens is 4. The first-order valence-electron chi connectivity index (χ1n) is 8.04. The second-order valence-electron chi connectivity index (χ2n) is 6.15. The topological polar surface area (TPSA) is 53.4 Å². The fraction of sp³-hybridized carbons (Fsp3) is 0.333. The van der Waals surface area contributed by atoms with Crippen LogP contribution in [-0.2, 0) is 11.0 Å². The van der Waals surface area contributed by atoms with Crippen LogP contribution in [0.25, 0.3) is 0 Å². The number of alkyl halides is 3. The van der Waals surface area contributed by atoms with Gasteiger partial charge >= 0.3 is 12.1 Å². The fourth-order valence-electron chi connectivity index (χ4n) is 3.41. The maximum atomic E-state index is 13.3. The molecule has 4 nitrogen and oxygen atoms in total. The molecule has 8 heteroatoms. The van der Waals surface area contributed by atoms with Crippen molar-refractivity contribution in [2.45, 2.75) is 31.1 Å². The Kier molecular flexibility index (Phi) is 5.20. The maximum absolute atomic E-state index is 13.3. The Labute approximate surface area is 153 Å². The van der Waals surface area contributed by atoms with Crippen LogP contribution in [0.15, 0.2) is 42.7 Å². The average Bonchev–Trinajstić information content (AvgIpc) is 3.06. The van der Waals surface area contributed by atoms with Crippen LogP contribution >= 0.6 is 11.6 Å². The summed E-state index contributed by atoms with van der Waals surface area (Å²) in [4.78, 5) is 17.3. The number of aromatic nitrogens is 1. The van der Waals surface area contributed by atoms with E-state index in [1.165, 1.54) is 24.5 Å². The summed E-state index contributed by atoms with van der Waals surface area (Å²) in [6.07, 6.45) is -0.397. The lowest BCUT2D eigenvalue weighted by atomic mass is 9.95. The molecule has 0 saturated carbocycles. The summed E-state index contributed by atoms with van der Waals surface area (Å²) in [6, 6.07) is 5.72. The molecule has 0 bridgehead atoms. The molecule has 0 aliphatic carbocycles. The Balaban J connectivity index is 2.12. The van der Waals surface area contributed by atoms with Crippen molar-refractivity contribution in [2.75, 3.05) is 6.54 Å². The van der Waals surface area contributed by atoms with E-state index in [9.17, 15) is 23.1 Å². The van der Waals surface area contributed by atoms with E-state index in [1.807, 2.05) is 0 Å². The van der Waals surface area contributed by atoms with Crippen LogP contribution in [0, 0.1) is 0 Å². The van der Waals surface area contributed by atoms with Gasteiger partial charge in [0, 0.05) is 18.9 Å². The predicted molar refractivity (Wildman–Crippen MR) is 89.9 cm³/mol. The lowest BCUT2D eigenvalue weighted by Gasteiger charge is -2.32. The first-order valence-corrected chi connectivity index (χ1v) is 8.42. The SMILES string of the molecule is O=C(O)C1CCCN1C(c1ccncc1)c1ccc(Cl)c(C(F)(F)F)c1. The lowest BCUT2D eigenvalue weighted by molar-refractivity contribution is -0.143. The first kappa shape index (κ1) is 18.7. The molecule has 1 fully saturated rings. The second-order valence-corrected chi connectivity index (χ2v) is 6.56. The highest BCUT2D eigenvalue weighted by Crippen LogP contribution is 2.40. The van der Waals surface area contributed by atoms with E-state index in [0.29, 0.717) is 30.5 Å². The summed E-state index contributed by atoms with van der Waals surface area (Å²) in [6.45, 7) is 0.480. The number of nitrogens with zero attached hydrogens (tertiary/aromatic N) is 2. The summed E-state index contributed by atoms with van der Waals surface area (Å²) < 4.78 is 39.8. The smallest absolute Gasteiger partial charge is 0.417 e. The van der Waals surface area contributed by atoms with Crippen molar-refractivity contribution in [1.29, 1.82) is 0 Å². The number of likely N-dealkylation sites (tertiary alicyclic amines) is 1. The number of aliphatic carboxylic acids is 1. The van der Waals surface area contributed by atoms with E-state index >= 15 is 0 Å². The van der Waals surface area contributed by atoms with Gasteiger partial charge in [0.25, 0.3) is 0 Å². The molecular formula is C18H16ClF3N2O2. The number of hydrogen-bond donors (Lipinski definition) is 1. The molecule has 2 unspecified atom stereocenters. The third-order valence-electron chi connectivity index (χ3n) is 4.54. The van der Waals surface area contributed by atoms with Crippen LogP contribution in [0.1, 0.15) is 35.6 Å². The molecule has 1 aromatic heterocycles. The molecular weight excluding hydrogens is 369 g/mol. The molecule has 1 saturated heterocycles. The number of rotatable bonds is 4. The van der Waals surface area contributed by atoms with E-state index in [1.54, 1.807) is 17.0 Å². The molecule has 1 N–H and O–H groups in total. The summed E-state index contributed by atoms with van der Waals surface area (Å²) >= 11 is 5.73. The number of carboxylic acid groups (broad SMARTS) is 1. The zero-order chi connectivity index (χ0) is 18.9. The average molecular weight is 385 g/mol. The summed E-state index contributed by atoms with van der Waals surface area (Å²) in [5.41, 5.74) is 0.103. The van der Waals surface area contributed by atoms with Crippen LogP contribution in [-0.4, -0.2) is 33.5 Å². The van der Waals surface area contributed by atoms with E-state index in [4.69, 9.17) is 11.6 Å². The van der Waals surface area contributed by atoms with Gasteiger partial charge in [-0.2, -0.15) is 13.2 Å². The summed E-state index contributed by atoms with van der Waals surface area (Å²) in [7, 11) is 0. The Morgan fingerprint density at radius 2 is 1.92 bits per heavy atom. The monoisotopic (exact) mass is 384 g/mol. The third-order valence-corrected chi connectivity index (χ3v) is 4.87. The second kappa shape index (κ2) is 7.25. The highest BCUT2D eigenvalue weighted by atomic mass is 35.5. The number of carbonyl (C=O) groups is 1. The van der Waals surface area contributed by atoms with Gasteiger partial charge < -0.3 is 5.11 Å². The Bertz CT molecular complexity index is 799. The van der Waals surface area contributed by atoms with Crippen LogP contribution in [0.5, 0.6) is 0 Å². The Hall–Kier alpha value is -2.12. The first-order chi connectivity index (χ1) is 12.3. The van der Waals surface area contributed by atoms with Crippen LogP contribution in [0.4, 0.5) is 13.2 Å². The minimum atomic E-state index is -4.59. The summed E-state index contributed by atoms with van der Waals surface area (Å²) in [5.74, 6) is -0.980. The van der Waals surface area contributed by atoms with Crippen LogP contribution in [0.3, 0.4) is 0 Å². The van der Waals surface area contributed by atoms with Crippen LogP contribution in [0.2, 0.25) is 5.02 Å². The number of carboxylic acids is 1. The Morgan fingerprint density at radius 3 is 2.54 bits per heavy atom. The van der Waals surface area contributed by atoms with Crippen molar-refractivity contribution in [3.8, 4) is 0 Å². The van der Waals surface area contributed by atoms with Gasteiger partial charge in [0.15, 0.2) is 0 Å². The number of benzene rings is 1. The normalized spacial score (nSPS) is 19.5. The molecule has 2 heterocycles. The van der Waals surface area contributed by atoms with Crippen molar-refractivity contribution in [3.63, 3.8) is 0 Å². The van der Waals surface area contributed by atoms with Crippen LogP contribution < -0.4 is 0 Å².